The molecule has 3 rings (SSSR count). The lowest BCUT2D eigenvalue weighted by atomic mass is 10.1. The molecule has 6 heteroatoms. The Balaban J connectivity index is 1.93. The molecule has 0 saturated carbocycles. The van der Waals surface area contributed by atoms with Crippen LogP contribution in [0.15, 0.2) is 47.1 Å². The Hall–Kier alpha value is -3.07. The van der Waals surface area contributed by atoms with Crippen LogP contribution >= 0.6 is 0 Å². The summed E-state index contributed by atoms with van der Waals surface area (Å²) in [5.74, 6) is -0.0618. The number of pyridine rings is 1. The summed E-state index contributed by atoms with van der Waals surface area (Å²) in [7, 11) is 0. The number of nitrogens with zero attached hydrogens (tertiary/aromatic N) is 4. The number of hydrogen-bond acceptors (Lipinski definition) is 5. The topological polar surface area (TPSA) is 75.6 Å². The van der Waals surface area contributed by atoms with Gasteiger partial charge in [0.2, 0.25) is 0 Å². The summed E-state index contributed by atoms with van der Waals surface area (Å²) in [6, 6.07) is 11.6. The molecule has 5 nitrogen and oxygen atoms in total. The van der Waals surface area contributed by atoms with Crippen LogP contribution in [0.25, 0.3) is 11.5 Å². The molecule has 21 heavy (non-hydrogen) atoms. The summed E-state index contributed by atoms with van der Waals surface area (Å²) in [5.41, 5.74) is 0.979. The van der Waals surface area contributed by atoms with E-state index in [1.54, 1.807) is 18.3 Å². The van der Waals surface area contributed by atoms with E-state index in [2.05, 4.69) is 15.1 Å². The maximum atomic E-state index is 13.6. The van der Waals surface area contributed by atoms with Gasteiger partial charge in [0.1, 0.15) is 17.4 Å². The summed E-state index contributed by atoms with van der Waals surface area (Å²) < 4.78 is 18.7. The van der Waals surface area contributed by atoms with E-state index < -0.39 is 5.82 Å². The number of benzene rings is 1. The van der Waals surface area contributed by atoms with Gasteiger partial charge in [-0.05, 0) is 24.3 Å². The zero-order chi connectivity index (χ0) is 14.7. The molecule has 0 fully saturated rings. The minimum atomic E-state index is -0.612. The smallest absolute Gasteiger partial charge is 0.259 e. The number of nitriles is 1. The van der Waals surface area contributed by atoms with Gasteiger partial charge in [-0.1, -0.05) is 17.3 Å². The van der Waals surface area contributed by atoms with E-state index in [0.717, 1.165) is 5.69 Å². The van der Waals surface area contributed by atoms with Crippen molar-refractivity contribution >= 4 is 0 Å². The largest absolute Gasteiger partial charge is 0.334 e. The van der Waals surface area contributed by atoms with Gasteiger partial charge >= 0.3 is 0 Å². The molecule has 2 aromatic heterocycles. The van der Waals surface area contributed by atoms with Crippen LogP contribution in [0.3, 0.4) is 0 Å². The zero-order valence-corrected chi connectivity index (χ0v) is 10.8. The highest BCUT2D eigenvalue weighted by Crippen LogP contribution is 2.23. The van der Waals surface area contributed by atoms with E-state index in [9.17, 15) is 4.39 Å². The van der Waals surface area contributed by atoms with E-state index in [-0.39, 0.29) is 17.0 Å². The second-order valence-corrected chi connectivity index (χ2v) is 4.29. The zero-order valence-electron chi connectivity index (χ0n) is 10.8. The molecular weight excluding hydrogens is 271 g/mol. The first-order valence-corrected chi connectivity index (χ1v) is 6.19. The van der Waals surface area contributed by atoms with E-state index in [4.69, 9.17) is 9.78 Å². The van der Waals surface area contributed by atoms with E-state index >= 15 is 0 Å². The van der Waals surface area contributed by atoms with Gasteiger partial charge in [0.25, 0.3) is 5.89 Å². The van der Waals surface area contributed by atoms with Gasteiger partial charge in [0.05, 0.1) is 12.0 Å². The van der Waals surface area contributed by atoms with Crippen molar-refractivity contribution in [2.45, 2.75) is 6.42 Å². The Kier molecular flexibility index (Phi) is 3.39. The van der Waals surface area contributed by atoms with Crippen molar-refractivity contribution in [1.82, 2.24) is 15.1 Å². The molecule has 0 aliphatic carbocycles. The average Bonchev–Trinajstić information content (AvgIpc) is 2.96. The van der Waals surface area contributed by atoms with E-state index in [1.807, 2.05) is 18.2 Å². The SMILES string of the molecule is N#Cc1c(F)cccc1-c1nc(Cc2ccccn2)no1. The van der Waals surface area contributed by atoms with E-state index in [1.165, 1.54) is 12.1 Å². The highest BCUT2D eigenvalue weighted by molar-refractivity contribution is 5.63. The van der Waals surface area contributed by atoms with Crippen LogP contribution in [0.2, 0.25) is 0 Å². The Labute approximate surface area is 119 Å². The molecule has 0 radical (unpaired) electrons. The molecule has 0 unspecified atom stereocenters. The third-order valence-corrected chi connectivity index (χ3v) is 2.89. The van der Waals surface area contributed by atoms with Gasteiger partial charge < -0.3 is 4.52 Å². The quantitative estimate of drug-likeness (QED) is 0.737. The Morgan fingerprint density at radius 1 is 1.19 bits per heavy atom. The number of rotatable bonds is 3. The molecule has 3 aromatic rings. The average molecular weight is 280 g/mol. The number of aromatic nitrogens is 3. The molecule has 0 N–H and O–H groups in total. The fourth-order valence-electron chi connectivity index (χ4n) is 1.92. The second-order valence-electron chi connectivity index (χ2n) is 4.29. The fraction of sp³-hybridized carbons (Fsp3) is 0.0667. The summed E-state index contributed by atoms with van der Waals surface area (Å²) in [4.78, 5) is 8.36. The van der Waals surface area contributed by atoms with Gasteiger partial charge in [0.15, 0.2) is 5.82 Å². The van der Waals surface area contributed by atoms with Crippen LogP contribution in [-0.2, 0) is 6.42 Å². The van der Waals surface area contributed by atoms with Gasteiger partial charge in [-0.3, -0.25) is 4.98 Å². The highest BCUT2D eigenvalue weighted by atomic mass is 19.1. The monoisotopic (exact) mass is 280 g/mol. The molecule has 0 aliphatic rings. The summed E-state index contributed by atoms with van der Waals surface area (Å²) in [6.45, 7) is 0. The lowest BCUT2D eigenvalue weighted by Crippen LogP contribution is -1.94. The van der Waals surface area contributed by atoms with Crippen molar-refractivity contribution in [3.63, 3.8) is 0 Å². The van der Waals surface area contributed by atoms with Crippen LogP contribution in [-0.4, -0.2) is 15.1 Å². The first kappa shape index (κ1) is 12.9. The molecule has 2 heterocycles. The van der Waals surface area contributed by atoms with Crippen LogP contribution in [0.4, 0.5) is 4.39 Å². The highest BCUT2D eigenvalue weighted by Gasteiger charge is 2.16. The summed E-state index contributed by atoms with van der Waals surface area (Å²) >= 11 is 0. The molecule has 0 amide bonds. The van der Waals surface area contributed by atoms with Crippen molar-refractivity contribution in [3.8, 4) is 17.5 Å². The molecule has 0 spiro atoms. The molecule has 102 valence electrons. The number of halogens is 1. The van der Waals surface area contributed by atoms with E-state index in [0.29, 0.717) is 12.2 Å². The molecular formula is C15H9FN4O. The van der Waals surface area contributed by atoms with Crippen molar-refractivity contribution in [3.05, 3.63) is 65.5 Å². The van der Waals surface area contributed by atoms with Gasteiger partial charge in [-0.15, -0.1) is 0 Å². The fourth-order valence-corrected chi connectivity index (χ4v) is 1.92. The first-order chi connectivity index (χ1) is 10.3. The van der Waals surface area contributed by atoms with Crippen molar-refractivity contribution in [2.75, 3.05) is 0 Å². The minimum Gasteiger partial charge on any atom is -0.334 e. The lowest BCUT2D eigenvalue weighted by Gasteiger charge is -1.98. The maximum Gasteiger partial charge on any atom is 0.259 e. The third kappa shape index (κ3) is 2.62. The van der Waals surface area contributed by atoms with Crippen LogP contribution in [0.5, 0.6) is 0 Å². The molecule has 0 saturated heterocycles. The third-order valence-electron chi connectivity index (χ3n) is 2.89. The predicted octanol–water partition coefficient (Wildman–Crippen LogP) is 2.73. The maximum absolute atomic E-state index is 13.6. The predicted molar refractivity (Wildman–Crippen MR) is 71.5 cm³/mol. The minimum absolute atomic E-state index is 0.106. The van der Waals surface area contributed by atoms with Crippen molar-refractivity contribution in [1.29, 1.82) is 5.26 Å². The van der Waals surface area contributed by atoms with Gasteiger partial charge in [0, 0.05) is 11.9 Å². The molecule has 1 aromatic carbocycles. The van der Waals surface area contributed by atoms with Crippen LogP contribution < -0.4 is 0 Å². The molecule has 0 aliphatic heterocycles. The Morgan fingerprint density at radius 2 is 2.10 bits per heavy atom. The van der Waals surface area contributed by atoms with Gasteiger partial charge in [-0.25, -0.2) is 4.39 Å². The summed E-state index contributed by atoms with van der Waals surface area (Å²) in [6.07, 6.45) is 2.08. The first-order valence-electron chi connectivity index (χ1n) is 6.19. The standard InChI is InChI=1S/C15H9FN4O/c16-13-6-3-5-11(12(13)9-17)15-19-14(20-21-15)8-10-4-1-2-7-18-10/h1-7H,8H2. The molecule has 0 bridgehead atoms. The lowest BCUT2D eigenvalue weighted by molar-refractivity contribution is 0.423. The van der Waals surface area contributed by atoms with Gasteiger partial charge in [-0.2, -0.15) is 10.2 Å². The van der Waals surface area contributed by atoms with Crippen LogP contribution in [0, 0.1) is 17.1 Å². The normalized spacial score (nSPS) is 10.3. The summed E-state index contributed by atoms with van der Waals surface area (Å²) in [5, 5.41) is 12.8. The second kappa shape index (κ2) is 5.51. The molecule has 0 atom stereocenters. The van der Waals surface area contributed by atoms with Crippen molar-refractivity contribution in [2.24, 2.45) is 0 Å². The Bertz CT molecular complexity index is 808. The number of hydrogen-bond donors (Lipinski definition) is 0. The van der Waals surface area contributed by atoms with Crippen LogP contribution in [0.1, 0.15) is 17.1 Å². The van der Waals surface area contributed by atoms with Crippen molar-refractivity contribution < 1.29 is 8.91 Å². The Morgan fingerprint density at radius 3 is 2.86 bits per heavy atom.